The molecular formula is C11H14N2O2. The predicted octanol–water partition coefficient (Wildman–Crippen LogP) is 1.65. The van der Waals surface area contributed by atoms with E-state index in [2.05, 4.69) is 0 Å². The van der Waals surface area contributed by atoms with Crippen molar-refractivity contribution in [2.24, 2.45) is 0 Å². The summed E-state index contributed by atoms with van der Waals surface area (Å²) in [5.41, 5.74) is 14.2. The lowest BCUT2D eigenvalue weighted by atomic mass is 10.1. The third-order valence-corrected chi connectivity index (χ3v) is 2.04. The van der Waals surface area contributed by atoms with Crippen LogP contribution >= 0.6 is 0 Å². The molecule has 4 heteroatoms. The summed E-state index contributed by atoms with van der Waals surface area (Å²) in [6.07, 6.45) is 3.30. The third-order valence-electron chi connectivity index (χ3n) is 2.04. The van der Waals surface area contributed by atoms with Gasteiger partial charge in [-0.15, -0.1) is 0 Å². The molecule has 0 aliphatic carbocycles. The lowest BCUT2D eigenvalue weighted by molar-refractivity contribution is -0.135. The number of carboxylic acids is 1. The fourth-order valence-electron chi connectivity index (χ4n) is 1.25. The molecule has 0 radical (unpaired) electrons. The quantitative estimate of drug-likeness (QED) is 0.656. The Morgan fingerprint density at radius 3 is 2.67 bits per heavy atom. The van der Waals surface area contributed by atoms with Gasteiger partial charge in [-0.1, -0.05) is 12.2 Å². The molecular weight excluding hydrogens is 192 g/mol. The van der Waals surface area contributed by atoms with Crippen LogP contribution in [0, 0.1) is 6.92 Å². The Balaban J connectivity index is 2.87. The number of carboxylic acid groups (broad SMARTS) is 1. The Hall–Kier alpha value is -1.97. The summed E-state index contributed by atoms with van der Waals surface area (Å²) in [6, 6.07) is 3.59. The summed E-state index contributed by atoms with van der Waals surface area (Å²) in [6.45, 7) is 1.86. The van der Waals surface area contributed by atoms with Gasteiger partial charge in [-0.05, 0) is 30.2 Å². The molecule has 0 aliphatic rings. The van der Waals surface area contributed by atoms with Crippen LogP contribution in [0.15, 0.2) is 18.2 Å². The van der Waals surface area contributed by atoms with Gasteiger partial charge in [-0.3, -0.25) is 4.79 Å². The molecule has 1 aromatic carbocycles. The van der Waals surface area contributed by atoms with Crippen molar-refractivity contribution in [3.8, 4) is 0 Å². The lowest BCUT2D eigenvalue weighted by Gasteiger charge is -2.05. The summed E-state index contributed by atoms with van der Waals surface area (Å²) < 4.78 is 0. The van der Waals surface area contributed by atoms with E-state index in [0.29, 0.717) is 11.4 Å². The van der Waals surface area contributed by atoms with Crippen LogP contribution in [0.3, 0.4) is 0 Å². The first-order valence-corrected chi connectivity index (χ1v) is 4.54. The van der Waals surface area contributed by atoms with Crippen LogP contribution < -0.4 is 11.5 Å². The number of nitrogens with two attached hydrogens (primary N) is 2. The molecule has 5 N–H and O–H groups in total. The van der Waals surface area contributed by atoms with Gasteiger partial charge in [0.25, 0.3) is 0 Å². The Labute approximate surface area is 88.2 Å². The van der Waals surface area contributed by atoms with Gasteiger partial charge in [0.15, 0.2) is 0 Å². The highest BCUT2D eigenvalue weighted by molar-refractivity contribution is 5.74. The highest BCUT2D eigenvalue weighted by atomic mass is 16.4. The molecule has 0 unspecified atom stereocenters. The zero-order valence-electron chi connectivity index (χ0n) is 8.53. The second-order valence-electron chi connectivity index (χ2n) is 3.34. The van der Waals surface area contributed by atoms with Crippen LogP contribution in [0.4, 0.5) is 11.4 Å². The summed E-state index contributed by atoms with van der Waals surface area (Å²) in [5, 5.41) is 8.45. The number of aryl methyl sites for hydroxylation is 1. The molecule has 4 nitrogen and oxygen atoms in total. The van der Waals surface area contributed by atoms with Gasteiger partial charge in [0, 0.05) is 0 Å². The van der Waals surface area contributed by atoms with Crippen molar-refractivity contribution < 1.29 is 9.90 Å². The van der Waals surface area contributed by atoms with Crippen molar-refractivity contribution in [2.45, 2.75) is 13.3 Å². The van der Waals surface area contributed by atoms with Crippen LogP contribution in [0.2, 0.25) is 0 Å². The Bertz CT molecular complexity index is 388. The normalized spacial score (nSPS) is 10.7. The largest absolute Gasteiger partial charge is 0.481 e. The number of carbonyl (C=O) groups is 1. The average molecular weight is 206 g/mol. The maximum atomic E-state index is 10.3. The maximum absolute atomic E-state index is 10.3. The second-order valence-corrected chi connectivity index (χ2v) is 3.34. The number of benzene rings is 1. The van der Waals surface area contributed by atoms with Crippen LogP contribution in [0.5, 0.6) is 0 Å². The topological polar surface area (TPSA) is 89.3 Å². The second kappa shape index (κ2) is 4.50. The average Bonchev–Trinajstić information content (AvgIpc) is 2.13. The molecule has 15 heavy (non-hydrogen) atoms. The molecule has 0 aromatic heterocycles. The number of hydrogen-bond acceptors (Lipinski definition) is 3. The minimum Gasteiger partial charge on any atom is -0.481 e. The highest BCUT2D eigenvalue weighted by Crippen LogP contribution is 2.22. The van der Waals surface area contributed by atoms with Gasteiger partial charge in [0.2, 0.25) is 0 Å². The fourth-order valence-corrected chi connectivity index (χ4v) is 1.25. The van der Waals surface area contributed by atoms with Crippen molar-refractivity contribution in [1.29, 1.82) is 0 Å². The highest BCUT2D eigenvalue weighted by Gasteiger charge is 2.00. The van der Waals surface area contributed by atoms with E-state index in [0.717, 1.165) is 11.1 Å². The molecule has 0 saturated heterocycles. The van der Waals surface area contributed by atoms with Crippen molar-refractivity contribution in [3.05, 3.63) is 29.3 Å². The molecule has 1 aromatic rings. The van der Waals surface area contributed by atoms with Crippen LogP contribution in [-0.4, -0.2) is 11.1 Å². The molecule has 0 bridgehead atoms. The van der Waals surface area contributed by atoms with Gasteiger partial charge < -0.3 is 16.6 Å². The Morgan fingerprint density at radius 1 is 1.47 bits per heavy atom. The minimum atomic E-state index is -0.855. The number of anilines is 2. The van der Waals surface area contributed by atoms with E-state index in [1.165, 1.54) is 0 Å². The maximum Gasteiger partial charge on any atom is 0.307 e. The molecule has 0 heterocycles. The van der Waals surface area contributed by atoms with E-state index in [1.807, 2.05) is 13.0 Å². The summed E-state index contributed by atoms with van der Waals surface area (Å²) in [4.78, 5) is 10.3. The molecule has 1 rings (SSSR count). The van der Waals surface area contributed by atoms with Gasteiger partial charge in [0.1, 0.15) is 0 Å². The van der Waals surface area contributed by atoms with Crippen molar-refractivity contribution in [2.75, 3.05) is 11.5 Å². The Morgan fingerprint density at radius 2 is 2.13 bits per heavy atom. The predicted molar refractivity (Wildman–Crippen MR) is 61.3 cm³/mol. The van der Waals surface area contributed by atoms with E-state index in [4.69, 9.17) is 16.6 Å². The first-order chi connectivity index (χ1) is 7.00. The molecule has 0 atom stereocenters. The molecule has 0 amide bonds. The van der Waals surface area contributed by atoms with Crippen molar-refractivity contribution >= 4 is 23.4 Å². The molecule has 80 valence electrons. The van der Waals surface area contributed by atoms with Crippen LogP contribution in [-0.2, 0) is 4.79 Å². The summed E-state index contributed by atoms with van der Waals surface area (Å²) >= 11 is 0. The standard InChI is InChI=1S/C11H14N2O2/c1-7-5-8(3-2-4-10(14)15)6-9(12)11(7)13/h2-3,5-6H,4,12-13H2,1H3,(H,14,15). The molecule has 0 fully saturated rings. The zero-order chi connectivity index (χ0) is 11.4. The molecule has 0 aliphatic heterocycles. The summed E-state index contributed by atoms with van der Waals surface area (Å²) in [5.74, 6) is -0.855. The van der Waals surface area contributed by atoms with E-state index in [1.54, 1.807) is 18.2 Å². The van der Waals surface area contributed by atoms with Gasteiger partial charge in [0.05, 0.1) is 17.8 Å². The van der Waals surface area contributed by atoms with E-state index in [9.17, 15) is 4.79 Å². The first-order valence-electron chi connectivity index (χ1n) is 4.54. The fraction of sp³-hybridized carbons (Fsp3) is 0.182. The number of nitrogen functional groups attached to an aromatic ring is 2. The van der Waals surface area contributed by atoms with E-state index in [-0.39, 0.29) is 6.42 Å². The van der Waals surface area contributed by atoms with E-state index < -0.39 is 5.97 Å². The van der Waals surface area contributed by atoms with E-state index >= 15 is 0 Å². The third kappa shape index (κ3) is 3.02. The van der Waals surface area contributed by atoms with Crippen LogP contribution in [0.25, 0.3) is 6.08 Å². The SMILES string of the molecule is Cc1cc(C=CCC(=O)O)cc(N)c1N. The van der Waals surface area contributed by atoms with Gasteiger partial charge in [-0.2, -0.15) is 0 Å². The molecule has 0 saturated carbocycles. The molecule has 0 spiro atoms. The number of hydrogen-bond donors (Lipinski definition) is 3. The van der Waals surface area contributed by atoms with Crippen LogP contribution in [0.1, 0.15) is 17.5 Å². The first kappa shape index (κ1) is 11.1. The van der Waals surface area contributed by atoms with Gasteiger partial charge >= 0.3 is 5.97 Å². The zero-order valence-corrected chi connectivity index (χ0v) is 8.53. The van der Waals surface area contributed by atoms with Crippen molar-refractivity contribution in [3.63, 3.8) is 0 Å². The Kier molecular flexibility index (Phi) is 3.33. The lowest BCUT2D eigenvalue weighted by Crippen LogP contribution is -1.97. The number of rotatable bonds is 3. The van der Waals surface area contributed by atoms with Gasteiger partial charge in [-0.25, -0.2) is 0 Å². The summed E-state index contributed by atoms with van der Waals surface area (Å²) in [7, 11) is 0. The van der Waals surface area contributed by atoms with Crippen molar-refractivity contribution in [1.82, 2.24) is 0 Å². The smallest absolute Gasteiger partial charge is 0.307 e. The monoisotopic (exact) mass is 206 g/mol. The minimum absolute atomic E-state index is 0.00330. The number of aliphatic carboxylic acids is 1.